The van der Waals surface area contributed by atoms with Gasteiger partial charge in [-0.3, -0.25) is 14.4 Å². The van der Waals surface area contributed by atoms with Gasteiger partial charge in [0.25, 0.3) is 11.8 Å². The van der Waals surface area contributed by atoms with Gasteiger partial charge in [-0.25, -0.2) is 8.42 Å². The zero-order chi connectivity index (χ0) is 30.2. The van der Waals surface area contributed by atoms with E-state index in [-0.39, 0.29) is 42.3 Å². The molecule has 0 radical (unpaired) electrons. The molecule has 0 bridgehead atoms. The molecule has 1 atom stereocenters. The number of fused-ring (bicyclic) bond motifs is 2. The Morgan fingerprint density at radius 3 is 2.02 bits per heavy atom. The van der Waals surface area contributed by atoms with Crippen LogP contribution in [0.1, 0.15) is 37.4 Å². The lowest BCUT2D eigenvalue weighted by molar-refractivity contribution is -0.120. The van der Waals surface area contributed by atoms with E-state index >= 15 is 0 Å². The monoisotopic (exact) mass is 591 g/mol. The van der Waals surface area contributed by atoms with Crippen LogP contribution < -0.4 is 22.0 Å². The molecule has 0 saturated carbocycles. The fourth-order valence-electron chi connectivity index (χ4n) is 4.84. The van der Waals surface area contributed by atoms with Gasteiger partial charge >= 0.3 is 14.2 Å². The van der Waals surface area contributed by atoms with Crippen LogP contribution in [0.15, 0.2) is 65.6 Å². The summed E-state index contributed by atoms with van der Waals surface area (Å²) in [6, 6.07) is 14.0. The maximum atomic E-state index is 13.8. The molecule has 3 aromatic carbocycles. The van der Waals surface area contributed by atoms with Crippen molar-refractivity contribution >= 4 is 52.7 Å². The van der Waals surface area contributed by atoms with Crippen LogP contribution in [0.5, 0.6) is 0 Å². The van der Waals surface area contributed by atoms with Crippen LogP contribution in [-0.2, 0) is 43.7 Å². The molecular weight excluding hydrogens is 564 g/mol. The van der Waals surface area contributed by atoms with Gasteiger partial charge in [0.05, 0.1) is 24.7 Å². The van der Waals surface area contributed by atoms with Crippen molar-refractivity contribution in [1.82, 2.24) is 10.2 Å². The normalized spacial score (nSPS) is 14.7. The Morgan fingerprint density at radius 2 is 1.48 bits per heavy atom. The van der Waals surface area contributed by atoms with E-state index in [1.165, 1.54) is 35.2 Å². The first-order valence-electron chi connectivity index (χ1n) is 12.9. The number of nitrogens with two attached hydrogens (primary N) is 1. The minimum absolute atomic E-state index is 0.0545. The number of sulfone groups is 1. The van der Waals surface area contributed by atoms with Crippen LogP contribution >= 0.6 is 0 Å². The summed E-state index contributed by atoms with van der Waals surface area (Å²) in [5.74, 6) is -2.07. The Bertz CT molecular complexity index is 1670. The van der Waals surface area contributed by atoms with Crippen LogP contribution in [-0.4, -0.2) is 74.2 Å². The van der Waals surface area contributed by atoms with Crippen LogP contribution in [0, 0.1) is 0 Å². The summed E-state index contributed by atoms with van der Waals surface area (Å²) in [4.78, 5) is 40.8. The Morgan fingerprint density at radius 1 is 0.929 bits per heavy atom. The van der Waals surface area contributed by atoms with Crippen molar-refractivity contribution < 1.29 is 42.2 Å². The van der Waals surface area contributed by atoms with Gasteiger partial charge < -0.3 is 35.3 Å². The average molecular weight is 591 g/mol. The predicted octanol–water partition coefficient (Wildman–Crippen LogP) is -1.55. The van der Waals surface area contributed by atoms with Crippen LogP contribution in [0.4, 0.5) is 0 Å². The molecule has 0 aliphatic carbocycles. The SMILES string of the molecule is CS(=O)(=O)c1ccc(CN(CC(NC(=O)c2ccc3c(c2)B(O)OC3)C(N)=O)C(=O)c2ccc3c(c2)B(O)OC3)cc1. The number of amides is 3. The van der Waals surface area contributed by atoms with Crippen molar-refractivity contribution in [1.29, 1.82) is 0 Å². The van der Waals surface area contributed by atoms with Gasteiger partial charge in [-0.2, -0.15) is 0 Å². The molecule has 216 valence electrons. The highest BCUT2D eigenvalue weighted by Crippen LogP contribution is 2.17. The van der Waals surface area contributed by atoms with Gasteiger partial charge in [0.2, 0.25) is 5.91 Å². The predicted molar refractivity (Wildman–Crippen MR) is 152 cm³/mol. The van der Waals surface area contributed by atoms with Crippen molar-refractivity contribution in [3.8, 4) is 0 Å². The summed E-state index contributed by atoms with van der Waals surface area (Å²) in [6.07, 6.45) is 1.08. The summed E-state index contributed by atoms with van der Waals surface area (Å²) in [7, 11) is -5.79. The first kappa shape index (κ1) is 29.5. The van der Waals surface area contributed by atoms with E-state index in [1.807, 2.05) is 0 Å². The second kappa shape index (κ2) is 11.7. The number of carbonyl (C=O) groups is 3. The number of benzene rings is 3. The summed E-state index contributed by atoms with van der Waals surface area (Å²) in [5, 5.41) is 22.7. The maximum Gasteiger partial charge on any atom is 0.491 e. The lowest BCUT2D eigenvalue weighted by atomic mass is 9.78. The Labute approximate surface area is 242 Å². The maximum absolute atomic E-state index is 13.8. The van der Waals surface area contributed by atoms with Crippen molar-refractivity contribution in [2.45, 2.75) is 30.7 Å². The number of nitrogens with one attached hydrogen (secondary N) is 1. The van der Waals surface area contributed by atoms with E-state index in [9.17, 15) is 32.8 Å². The van der Waals surface area contributed by atoms with Crippen molar-refractivity contribution in [2.24, 2.45) is 5.73 Å². The highest BCUT2D eigenvalue weighted by atomic mass is 32.2. The molecular formula is C27H27B2N3O9S. The molecule has 3 amide bonds. The molecule has 5 rings (SSSR count). The molecule has 15 heteroatoms. The molecule has 3 aromatic rings. The fraction of sp³-hybridized carbons (Fsp3) is 0.222. The Kier molecular flexibility index (Phi) is 8.21. The second-order valence-corrected chi connectivity index (χ2v) is 12.2. The topological polar surface area (TPSA) is 186 Å². The number of carbonyl (C=O) groups excluding carboxylic acids is 3. The van der Waals surface area contributed by atoms with Crippen LogP contribution in [0.3, 0.4) is 0 Å². The lowest BCUT2D eigenvalue weighted by Gasteiger charge is -2.27. The van der Waals surface area contributed by atoms with Crippen LogP contribution in [0.2, 0.25) is 0 Å². The van der Waals surface area contributed by atoms with Crippen molar-refractivity contribution in [3.05, 3.63) is 88.5 Å². The number of rotatable bonds is 9. The van der Waals surface area contributed by atoms with E-state index in [1.54, 1.807) is 30.3 Å². The third-order valence-electron chi connectivity index (χ3n) is 7.19. The summed E-state index contributed by atoms with van der Waals surface area (Å²) in [6.45, 7) is 0.0288. The first-order valence-corrected chi connectivity index (χ1v) is 14.8. The molecule has 2 aliphatic heterocycles. The van der Waals surface area contributed by atoms with E-state index in [4.69, 9.17) is 15.0 Å². The number of hydrogen-bond donors (Lipinski definition) is 4. The smallest absolute Gasteiger partial charge is 0.423 e. The zero-order valence-corrected chi connectivity index (χ0v) is 23.3. The molecule has 1 unspecified atom stereocenters. The molecule has 0 fully saturated rings. The summed E-state index contributed by atoms with van der Waals surface area (Å²) in [5.41, 5.74) is 8.91. The Balaban J connectivity index is 1.42. The van der Waals surface area contributed by atoms with Gasteiger partial charge in [0.15, 0.2) is 9.84 Å². The quantitative estimate of drug-likeness (QED) is 0.214. The average Bonchev–Trinajstić information content (AvgIpc) is 3.52. The number of primary amides is 1. The fourth-order valence-corrected chi connectivity index (χ4v) is 5.47. The number of nitrogens with zero attached hydrogens (tertiary/aromatic N) is 1. The highest BCUT2D eigenvalue weighted by Gasteiger charge is 2.32. The highest BCUT2D eigenvalue weighted by molar-refractivity contribution is 7.90. The summed E-state index contributed by atoms with van der Waals surface area (Å²) < 4.78 is 34.2. The third kappa shape index (κ3) is 6.25. The van der Waals surface area contributed by atoms with Gasteiger partial charge in [-0.15, -0.1) is 0 Å². The van der Waals surface area contributed by atoms with E-state index in [2.05, 4.69) is 5.32 Å². The molecule has 5 N–H and O–H groups in total. The molecule has 0 aromatic heterocycles. The van der Waals surface area contributed by atoms with E-state index < -0.39 is 47.8 Å². The van der Waals surface area contributed by atoms with E-state index in [0.717, 1.165) is 17.4 Å². The molecule has 42 heavy (non-hydrogen) atoms. The molecule has 2 aliphatic rings. The molecule has 2 heterocycles. The third-order valence-corrected chi connectivity index (χ3v) is 8.32. The lowest BCUT2D eigenvalue weighted by Crippen LogP contribution is -2.52. The van der Waals surface area contributed by atoms with E-state index in [0.29, 0.717) is 16.5 Å². The molecule has 0 spiro atoms. The zero-order valence-electron chi connectivity index (χ0n) is 22.5. The minimum atomic E-state index is -3.44. The van der Waals surface area contributed by atoms with Crippen LogP contribution in [0.25, 0.3) is 0 Å². The number of hydrogen-bond acceptors (Lipinski definition) is 9. The standard InChI is InChI=1S/C27H27B2N3O9S/c1-42(38,39)21-8-2-16(3-9-21)12-32(27(35)18-5-7-20-15-41-29(37)23(20)11-18)13-24(25(30)33)31-26(34)17-4-6-19-14-40-28(36)22(19)10-17/h2-11,24,36-37H,12-15H2,1H3,(H2,30,33)(H,31,34). The molecule has 0 saturated heterocycles. The molecule has 12 nitrogen and oxygen atoms in total. The van der Waals surface area contributed by atoms with Crippen molar-refractivity contribution in [3.63, 3.8) is 0 Å². The minimum Gasteiger partial charge on any atom is -0.423 e. The van der Waals surface area contributed by atoms with Gasteiger partial charge in [0.1, 0.15) is 6.04 Å². The van der Waals surface area contributed by atoms with Gasteiger partial charge in [-0.1, -0.05) is 24.3 Å². The van der Waals surface area contributed by atoms with Gasteiger partial charge in [0, 0.05) is 23.9 Å². The first-order chi connectivity index (χ1) is 19.9. The largest absolute Gasteiger partial charge is 0.491 e. The van der Waals surface area contributed by atoms with Crippen molar-refractivity contribution in [2.75, 3.05) is 12.8 Å². The van der Waals surface area contributed by atoms with Gasteiger partial charge in [-0.05, 0) is 64.0 Å². The second-order valence-electron chi connectivity index (χ2n) is 10.2. The Hall–Kier alpha value is -4.01. The summed E-state index contributed by atoms with van der Waals surface area (Å²) >= 11 is 0.